The zero-order chi connectivity index (χ0) is 38.8. The molecule has 1 aliphatic rings. The molecule has 310 valence electrons. The molecule has 1 aliphatic heterocycles. The topological polar surface area (TPSA) is 152 Å². The van der Waals surface area contributed by atoms with Crippen LogP contribution in [0, 0.1) is 0 Å². The third-order valence-corrected chi connectivity index (χ3v) is 9.84. The number of esters is 2. The van der Waals surface area contributed by atoms with Gasteiger partial charge < -0.3 is 39.4 Å². The van der Waals surface area contributed by atoms with Gasteiger partial charge in [0.2, 0.25) is 0 Å². The molecule has 0 bridgehead atoms. The van der Waals surface area contributed by atoms with E-state index in [1.54, 1.807) is 0 Å². The van der Waals surface area contributed by atoms with Crippen LogP contribution in [0.2, 0.25) is 0 Å². The third kappa shape index (κ3) is 26.6. The molecule has 0 aromatic heterocycles. The molecule has 0 aliphatic carbocycles. The number of allylic oxidation sites excluding steroid dienone is 4. The fraction of sp³-hybridized carbons (Fsp3) is 0.860. The summed E-state index contributed by atoms with van der Waals surface area (Å²) in [5.41, 5.74) is 0. The molecule has 53 heavy (non-hydrogen) atoms. The fourth-order valence-corrected chi connectivity index (χ4v) is 6.39. The van der Waals surface area contributed by atoms with Crippen LogP contribution in [-0.4, -0.2) is 89.0 Å². The van der Waals surface area contributed by atoms with Crippen LogP contribution in [0.15, 0.2) is 24.3 Å². The fourth-order valence-electron chi connectivity index (χ4n) is 6.39. The standard InChI is InChI=1S/C43H78O10/c1-3-5-7-9-11-13-15-16-17-18-19-20-21-22-24-26-28-30-32-39(46)52-36(35-51-43-42(49)41(48)40(47)37(33-44)53-43)34-50-38(45)31-29-27-25-23-14-12-10-8-6-4-2/h13,15,17-18,36-37,40-44,47-49H,3-12,14,16,19-35H2,1-2H3/b15-13-,18-17-. The van der Waals surface area contributed by atoms with E-state index in [-0.39, 0.29) is 32.0 Å². The highest BCUT2D eigenvalue weighted by atomic mass is 16.7. The van der Waals surface area contributed by atoms with E-state index in [1.165, 1.54) is 96.3 Å². The first-order valence-electron chi connectivity index (χ1n) is 21.4. The van der Waals surface area contributed by atoms with E-state index in [0.717, 1.165) is 51.4 Å². The highest BCUT2D eigenvalue weighted by molar-refractivity contribution is 5.70. The molecule has 6 atom stereocenters. The Morgan fingerprint density at radius 3 is 1.58 bits per heavy atom. The lowest BCUT2D eigenvalue weighted by Crippen LogP contribution is -2.59. The minimum Gasteiger partial charge on any atom is -0.462 e. The van der Waals surface area contributed by atoms with Crippen molar-refractivity contribution in [1.82, 2.24) is 0 Å². The van der Waals surface area contributed by atoms with Gasteiger partial charge in [-0.1, -0.05) is 147 Å². The predicted octanol–water partition coefficient (Wildman–Crippen LogP) is 8.55. The Labute approximate surface area is 322 Å². The number of carbonyl (C=O) groups excluding carboxylic acids is 2. The Balaban J connectivity index is 2.34. The van der Waals surface area contributed by atoms with Crippen molar-refractivity contribution in [1.29, 1.82) is 0 Å². The van der Waals surface area contributed by atoms with Crippen LogP contribution in [0.5, 0.6) is 0 Å². The maximum absolute atomic E-state index is 12.7. The van der Waals surface area contributed by atoms with Gasteiger partial charge in [0.1, 0.15) is 31.0 Å². The second-order valence-corrected chi connectivity index (χ2v) is 14.8. The van der Waals surface area contributed by atoms with E-state index in [0.29, 0.717) is 6.42 Å². The summed E-state index contributed by atoms with van der Waals surface area (Å²) in [5.74, 6) is -0.814. The summed E-state index contributed by atoms with van der Waals surface area (Å²) in [6.45, 7) is 3.38. The minimum absolute atomic E-state index is 0.217. The summed E-state index contributed by atoms with van der Waals surface area (Å²) in [6, 6.07) is 0. The number of aliphatic hydroxyl groups excluding tert-OH is 4. The number of hydrogen-bond donors (Lipinski definition) is 4. The molecule has 1 heterocycles. The van der Waals surface area contributed by atoms with Crippen molar-refractivity contribution in [2.24, 2.45) is 0 Å². The molecule has 0 spiro atoms. The van der Waals surface area contributed by atoms with E-state index in [4.69, 9.17) is 18.9 Å². The van der Waals surface area contributed by atoms with Gasteiger partial charge in [-0.15, -0.1) is 0 Å². The van der Waals surface area contributed by atoms with Crippen molar-refractivity contribution >= 4 is 11.9 Å². The normalized spacial score (nSPS) is 21.1. The van der Waals surface area contributed by atoms with E-state index in [1.807, 2.05) is 0 Å². The Bertz CT molecular complexity index is 923. The number of rotatable bonds is 35. The van der Waals surface area contributed by atoms with Gasteiger partial charge in [0.05, 0.1) is 13.2 Å². The van der Waals surface area contributed by atoms with Crippen molar-refractivity contribution in [3.63, 3.8) is 0 Å². The van der Waals surface area contributed by atoms with E-state index in [9.17, 15) is 30.0 Å². The summed E-state index contributed by atoms with van der Waals surface area (Å²) >= 11 is 0. The minimum atomic E-state index is -1.59. The van der Waals surface area contributed by atoms with Gasteiger partial charge in [0, 0.05) is 12.8 Å². The number of hydrogen-bond acceptors (Lipinski definition) is 10. The molecule has 0 aromatic carbocycles. The van der Waals surface area contributed by atoms with E-state index < -0.39 is 49.4 Å². The maximum atomic E-state index is 12.7. The first-order chi connectivity index (χ1) is 25.8. The molecule has 6 unspecified atom stereocenters. The first-order valence-corrected chi connectivity index (χ1v) is 21.4. The highest BCUT2D eigenvalue weighted by Gasteiger charge is 2.44. The molecule has 1 saturated heterocycles. The van der Waals surface area contributed by atoms with E-state index >= 15 is 0 Å². The Kier molecular flexibility index (Phi) is 32.2. The third-order valence-electron chi connectivity index (χ3n) is 9.84. The average Bonchev–Trinajstić information content (AvgIpc) is 3.15. The molecular formula is C43H78O10. The number of carbonyl (C=O) groups is 2. The molecule has 4 N–H and O–H groups in total. The summed E-state index contributed by atoms with van der Waals surface area (Å²) in [4.78, 5) is 25.2. The van der Waals surface area contributed by atoms with Gasteiger partial charge >= 0.3 is 11.9 Å². The number of ether oxygens (including phenoxy) is 4. The molecular weight excluding hydrogens is 676 g/mol. The van der Waals surface area contributed by atoms with E-state index in [2.05, 4.69) is 38.2 Å². The lowest BCUT2D eigenvalue weighted by atomic mass is 9.99. The lowest BCUT2D eigenvalue weighted by molar-refractivity contribution is -0.305. The monoisotopic (exact) mass is 755 g/mol. The lowest BCUT2D eigenvalue weighted by Gasteiger charge is -2.39. The van der Waals surface area contributed by atoms with Crippen LogP contribution >= 0.6 is 0 Å². The van der Waals surface area contributed by atoms with Gasteiger partial charge in [-0.2, -0.15) is 0 Å². The van der Waals surface area contributed by atoms with Crippen molar-refractivity contribution in [3.05, 3.63) is 24.3 Å². The summed E-state index contributed by atoms with van der Waals surface area (Å²) < 4.78 is 22.1. The van der Waals surface area contributed by atoms with Crippen molar-refractivity contribution < 1.29 is 49.0 Å². The smallest absolute Gasteiger partial charge is 0.306 e. The van der Waals surface area contributed by atoms with Crippen molar-refractivity contribution in [3.8, 4) is 0 Å². The molecule has 10 heteroatoms. The summed E-state index contributed by atoms with van der Waals surface area (Å²) in [5, 5.41) is 40.0. The van der Waals surface area contributed by atoms with Gasteiger partial charge in [-0.05, 0) is 44.9 Å². The average molecular weight is 755 g/mol. The highest BCUT2D eigenvalue weighted by Crippen LogP contribution is 2.22. The van der Waals surface area contributed by atoms with Crippen molar-refractivity contribution in [2.75, 3.05) is 19.8 Å². The van der Waals surface area contributed by atoms with Crippen LogP contribution in [0.25, 0.3) is 0 Å². The summed E-state index contributed by atoms with van der Waals surface area (Å²) in [6.07, 6.45) is 29.0. The Morgan fingerprint density at radius 2 is 1.06 bits per heavy atom. The Hall–Kier alpha value is -1.82. The van der Waals surface area contributed by atoms with Gasteiger partial charge in [0.25, 0.3) is 0 Å². The van der Waals surface area contributed by atoms with Crippen LogP contribution in [0.4, 0.5) is 0 Å². The van der Waals surface area contributed by atoms with Crippen LogP contribution in [0.3, 0.4) is 0 Å². The molecule has 0 aromatic rings. The number of unbranched alkanes of at least 4 members (excludes halogenated alkanes) is 20. The van der Waals surface area contributed by atoms with Gasteiger partial charge in [-0.25, -0.2) is 0 Å². The largest absolute Gasteiger partial charge is 0.462 e. The first kappa shape index (κ1) is 49.2. The SMILES string of the molecule is CCCCCC/C=C\C/C=C\CCCCCCCCCC(=O)OC(COC(=O)CCCCCCCCCCCC)COC1OC(CO)C(O)C(O)C1O. The van der Waals surface area contributed by atoms with Crippen LogP contribution < -0.4 is 0 Å². The molecule has 0 radical (unpaired) electrons. The molecule has 1 rings (SSSR count). The molecule has 10 nitrogen and oxygen atoms in total. The molecule has 0 saturated carbocycles. The molecule has 1 fully saturated rings. The quantitative estimate of drug-likeness (QED) is 0.0281. The summed E-state index contributed by atoms with van der Waals surface area (Å²) in [7, 11) is 0. The van der Waals surface area contributed by atoms with Crippen LogP contribution in [0.1, 0.15) is 181 Å². The molecule has 0 amide bonds. The van der Waals surface area contributed by atoms with Gasteiger partial charge in [0.15, 0.2) is 12.4 Å². The second kappa shape index (κ2) is 34.7. The number of aliphatic hydroxyl groups is 4. The maximum Gasteiger partial charge on any atom is 0.306 e. The Morgan fingerprint density at radius 1 is 0.585 bits per heavy atom. The second-order valence-electron chi connectivity index (χ2n) is 14.8. The zero-order valence-electron chi connectivity index (χ0n) is 33.5. The van der Waals surface area contributed by atoms with Gasteiger partial charge in [-0.3, -0.25) is 9.59 Å². The zero-order valence-corrected chi connectivity index (χ0v) is 33.5. The van der Waals surface area contributed by atoms with Crippen LogP contribution in [-0.2, 0) is 28.5 Å². The predicted molar refractivity (Wildman–Crippen MR) is 210 cm³/mol. The van der Waals surface area contributed by atoms with Crippen molar-refractivity contribution in [2.45, 2.75) is 218 Å².